The molecule has 0 saturated carbocycles. The number of alkyl halides is 3. The van der Waals surface area contributed by atoms with Crippen LogP contribution in [0.25, 0.3) is 11.0 Å². The third-order valence-corrected chi connectivity index (χ3v) is 6.62. The number of rotatable bonds is 7. The SMILES string of the molecule is Nc1ncnc2c1c(SCc1ccc(C(F)(F)F)cc1)nn2[C@@H]1O[C@H](COS(N)(=O)=O)[C@@H](O)[C@H]1O. The molecule has 35 heavy (non-hydrogen) atoms. The van der Waals surface area contributed by atoms with Gasteiger partial charge >= 0.3 is 16.5 Å². The molecule has 1 aromatic carbocycles. The number of nitrogen functional groups attached to an aromatic ring is 1. The number of aliphatic hydroxyl groups excluding tert-OH is 2. The fraction of sp³-hybridized carbons (Fsp3) is 0.389. The minimum absolute atomic E-state index is 0.0540. The first-order valence-corrected chi connectivity index (χ1v) is 12.3. The van der Waals surface area contributed by atoms with Crippen LogP contribution in [0.2, 0.25) is 0 Å². The Kier molecular flexibility index (Phi) is 6.93. The van der Waals surface area contributed by atoms with Gasteiger partial charge in [-0.05, 0) is 17.7 Å². The third kappa shape index (κ3) is 5.50. The number of nitrogens with zero attached hydrogens (tertiary/aromatic N) is 4. The molecule has 1 aliphatic heterocycles. The van der Waals surface area contributed by atoms with Crippen molar-refractivity contribution in [2.45, 2.75) is 41.5 Å². The van der Waals surface area contributed by atoms with E-state index < -0.39 is 53.2 Å². The highest BCUT2D eigenvalue weighted by Gasteiger charge is 2.45. The Bertz CT molecular complexity index is 1320. The lowest BCUT2D eigenvalue weighted by molar-refractivity contribution is -0.137. The summed E-state index contributed by atoms with van der Waals surface area (Å²) in [6, 6.07) is 4.62. The topological polar surface area (TPSA) is 189 Å². The Morgan fingerprint density at radius 2 is 1.86 bits per heavy atom. The Hall–Kier alpha value is -2.54. The second-order valence-electron chi connectivity index (χ2n) is 7.51. The summed E-state index contributed by atoms with van der Waals surface area (Å²) in [4.78, 5) is 8.05. The van der Waals surface area contributed by atoms with E-state index in [1.165, 1.54) is 12.1 Å². The van der Waals surface area contributed by atoms with Crippen molar-refractivity contribution < 1.29 is 40.7 Å². The van der Waals surface area contributed by atoms with Crippen LogP contribution in [0.4, 0.5) is 19.0 Å². The summed E-state index contributed by atoms with van der Waals surface area (Å²) in [7, 11) is -4.31. The van der Waals surface area contributed by atoms with Crippen molar-refractivity contribution >= 4 is 38.9 Å². The highest BCUT2D eigenvalue weighted by atomic mass is 32.2. The van der Waals surface area contributed by atoms with E-state index in [9.17, 15) is 31.8 Å². The zero-order valence-corrected chi connectivity index (χ0v) is 19.2. The normalized spacial score (nSPS) is 23.3. The predicted molar refractivity (Wildman–Crippen MR) is 116 cm³/mol. The number of anilines is 1. The molecule has 0 aliphatic carbocycles. The largest absolute Gasteiger partial charge is 0.416 e. The summed E-state index contributed by atoms with van der Waals surface area (Å²) in [5.41, 5.74) is 5.95. The van der Waals surface area contributed by atoms with E-state index in [1.807, 2.05) is 0 Å². The van der Waals surface area contributed by atoms with Gasteiger partial charge in [0.05, 0.1) is 17.6 Å². The van der Waals surface area contributed by atoms with E-state index in [1.54, 1.807) is 0 Å². The molecule has 190 valence electrons. The number of nitrogens with two attached hydrogens (primary N) is 2. The maximum Gasteiger partial charge on any atom is 0.416 e. The summed E-state index contributed by atoms with van der Waals surface area (Å²) < 4.78 is 71.7. The minimum atomic E-state index is -4.45. The Morgan fingerprint density at radius 1 is 1.17 bits per heavy atom. The van der Waals surface area contributed by atoms with Gasteiger partial charge in [0.15, 0.2) is 11.9 Å². The molecule has 17 heteroatoms. The average Bonchev–Trinajstić information content (AvgIpc) is 3.28. The fourth-order valence-electron chi connectivity index (χ4n) is 3.41. The number of thioether (sulfide) groups is 1. The van der Waals surface area contributed by atoms with Crippen molar-refractivity contribution in [2.24, 2.45) is 5.14 Å². The fourth-order valence-corrected chi connectivity index (χ4v) is 4.72. The van der Waals surface area contributed by atoms with Crippen molar-refractivity contribution in [3.05, 3.63) is 41.7 Å². The number of halogens is 3. The maximum atomic E-state index is 12.8. The van der Waals surface area contributed by atoms with Gasteiger partial charge in [0.25, 0.3) is 0 Å². The van der Waals surface area contributed by atoms with E-state index >= 15 is 0 Å². The summed E-state index contributed by atoms with van der Waals surface area (Å²) in [5, 5.41) is 30.5. The van der Waals surface area contributed by atoms with Crippen LogP contribution in [0.5, 0.6) is 0 Å². The van der Waals surface area contributed by atoms with Gasteiger partial charge in [-0.3, -0.25) is 4.18 Å². The standard InChI is InChI=1S/C18H19F3N6O6S2/c19-18(20,21)9-3-1-8(2-4-9)6-34-16-11-14(22)24-7-25-15(11)27(26-16)17-13(29)12(28)10(33-17)5-32-35(23,30)31/h1-4,7,10,12-13,17,28-29H,5-6H2,(H2,22,24,25)(H2,23,30,31)/t10-,12-,13-,17-/m1/s1. The lowest BCUT2D eigenvalue weighted by atomic mass is 10.1. The van der Waals surface area contributed by atoms with Crippen LogP contribution >= 0.6 is 11.8 Å². The van der Waals surface area contributed by atoms with Crippen LogP contribution in [0.15, 0.2) is 35.6 Å². The zero-order valence-electron chi connectivity index (χ0n) is 17.5. The van der Waals surface area contributed by atoms with Crippen molar-refractivity contribution in [1.82, 2.24) is 19.7 Å². The van der Waals surface area contributed by atoms with Crippen LogP contribution in [-0.2, 0) is 31.2 Å². The molecule has 4 rings (SSSR count). The summed E-state index contributed by atoms with van der Waals surface area (Å²) >= 11 is 1.13. The molecule has 3 aromatic rings. The van der Waals surface area contributed by atoms with Gasteiger partial charge in [-0.15, -0.1) is 0 Å². The number of benzene rings is 1. The number of fused-ring (bicyclic) bond motifs is 1. The first-order chi connectivity index (χ1) is 16.3. The maximum absolute atomic E-state index is 12.8. The van der Waals surface area contributed by atoms with Gasteiger partial charge in [0, 0.05) is 5.75 Å². The van der Waals surface area contributed by atoms with Crippen molar-refractivity contribution in [3.63, 3.8) is 0 Å². The molecule has 1 fully saturated rings. The van der Waals surface area contributed by atoms with Crippen LogP contribution < -0.4 is 10.9 Å². The van der Waals surface area contributed by atoms with E-state index in [4.69, 9.17) is 15.6 Å². The van der Waals surface area contributed by atoms with Crippen molar-refractivity contribution in [2.75, 3.05) is 12.3 Å². The molecule has 1 aliphatic rings. The predicted octanol–water partition coefficient (Wildman–Crippen LogP) is 0.559. The van der Waals surface area contributed by atoms with E-state index in [0.717, 1.165) is 34.9 Å². The molecule has 0 radical (unpaired) electrons. The molecule has 3 heterocycles. The molecule has 1 saturated heterocycles. The quantitative estimate of drug-likeness (QED) is 0.309. The molecule has 0 spiro atoms. The second kappa shape index (κ2) is 9.49. The molecule has 0 unspecified atom stereocenters. The average molecular weight is 537 g/mol. The molecule has 4 atom stereocenters. The van der Waals surface area contributed by atoms with Gasteiger partial charge in [0.2, 0.25) is 0 Å². The zero-order chi connectivity index (χ0) is 25.5. The van der Waals surface area contributed by atoms with Crippen molar-refractivity contribution in [3.8, 4) is 0 Å². The summed E-state index contributed by atoms with van der Waals surface area (Å²) in [6.07, 6.45) is -8.93. The van der Waals surface area contributed by atoms with Gasteiger partial charge in [0.1, 0.15) is 35.5 Å². The number of hydrogen-bond acceptors (Lipinski definition) is 11. The number of aliphatic hydroxyl groups is 2. The van der Waals surface area contributed by atoms with Crippen LogP contribution in [-0.4, -0.2) is 63.3 Å². The molecular formula is C18H19F3N6O6S2. The van der Waals surface area contributed by atoms with Crippen LogP contribution in [0.1, 0.15) is 17.4 Å². The summed E-state index contributed by atoms with van der Waals surface area (Å²) in [6.45, 7) is -0.653. The van der Waals surface area contributed by atoms with E-state index in [2.05, 4.69) is 19.2 Å². The first kappa shape index (κ1) is 25.5. The van der Waals surface area contributed by atoms with Gasteiger partial charge < -0.3 is 20.7 Å². The van der Waals surface area contributed by atoms with Gasteiger partial charge in [-0.2, -0.15) is 26.7 Å². The minimum Gasteiger partial charge on any atom is -0.387 e. The monoisotopic (exact) mass is 536 g/mol. The Balaban J connectivity index is 1.59. The molecule has 6 N–H and O–H groups in total. The van der Waals surface area contributed by atoms with E-state index in [-0.39, 0.29) is 17.2 Å². The van der Waals surface area contributed by atoms with Gasteiger partial charge in [-0.25, -0.2) is 19.8 Å². The van der Waals surface area contributed by atoms with Crippen LogP contribution in [0, 0.1) is 0 Å². The summed E-state index contributed by atoms with van der Waals surface area (Å²) in [5.74, 6) is 0.276. The lowest BCUT2D eigenvalue weighted by Crippen LogP contribution is -2.35. The highest BCUT2D eigenvalue weighted by molar-refractivity contribution is 7.98. The van der Waals surface area contributed by atoms with Crippen LogP contribution in [0.3, 0.4) is 0 Å². The smallest absolute Gasteiger partial charge is 0.387 e. The number of hydrogen-bond donors (Lipinski definition) is 4. The second-order valence-corrected chi connectivity index (χ2v) is 9.70. The third-order valence-electron chi connectivity index (χ3n) is 5.12. The molecular weight excluding hydrogens is 517 g/mol. The molecule has 2 aromatic heterocycles. The lowest BCUT2D eigenvalue weighted by Gasteiger charge is -2.15. The van der Waals surface area contributed by atoms with E-state index in [0.29, 0.717) is 16.0 Å². The number of ether oxygens (including phenoxy) is 1. The Labute approximate surface area is 200 Å². The molecule has 12 nitrogen and oxygen atoms in total. The van der Waals surface area contributed by atoms with Gasteiger partial charge in [-0.1, -0.05) is 23.9 Å². The number of aromatic nitrogens is 4. The molecule has 0 amide bonds. The Morgan fingerprint density at radius 3 is 2.49 bits per heavy atom. The first-order valence-electron chi connectivity index (χ1n) is 9.81. The van der Waals surface area contributed by atoms with Crippen molar-refractivity contribution in [1.29, 1.82) is 0 Å². The highest BCUT2D eigenvalue weighted by Crippen LogP contribution is 2.37. The molecule has 0 bridgehead atoms.